The minimum atomic E-state index is -0.429. The van der Waals surface area contributed by atoms with Crippen molar-refractivity contribution in [2.75, 3.05) is 0 Å². The molecule has 5 rings (SSSR count). The first-order valence-electron chi connectivity index (χ1n) is 8.40. The van der Waals surface area contributed by atoms with Gasteiger partial charge < -0.3 is 14.5 Å². The molecule has 4 nitrogen and oxygen atoms in total. The number of fused-ring (bicyclic) bond motifs is 5. The van der Waals surface area contributed by atoms with Crippen LogP contribution in [0.2, 0.25) is 0 Å². The first kappa shape index (κ1) is 14.8. The van der Waals surface area contributed by atoms with Gasteiger partial charge in [-0.3, -0.25) is 4.79 Å². The summed E-state index contributed by atoms with van der Waals surface area (Å²) >= 11 is 0. The number of aromatic amines is 1. The van der Waals surface area contributed by atoms with Gasteiger partial charge in [0.25, 0.3) is 0 Å². The Morgan fingerprint density at radius 3 is 2.46 bits per heavy atom. The van der Waals surface area contributed by atoms with Crippen LogP contribution < -0.4 is 5.43 Å². The van der Waals surface area contributed by atoms with Crippen molar-refractivity contribution in [2.24, 2.45) is 0 Å². The minimum Gasteiger partial charge on any atom is -0.502 e. The molecule has 4 heteroatoms. The second-order valence-corrected chi connectivity index (χ2v) is 6.51. The molecule has 2 N–H and O–H groups in total. The summed E-state index contributed by atoms with van der Waals surface area (Å²) < 4.78 is 6.05. The Kier molecular flexibility index (Phi) is 2.97. The Morgan fingerprint density at radius 1 is 0.923 bits per heavy atom. The largest absolute Gasteiger partial charge is 0.502 e. The normalized spacial score (nSPS) is 11.6. The maximum Gasteiger partial charge on any atom is 0.235 e. The van der Waals surface area contributed by atoms with E-state index in [0.29, 0.717) is 16.5 Å². The molecule has 3 aromatic carbocycles. The van der Waals surface area contributed by atoms with Crippen LogP contribution in [-0.2, 0) is 0 Å². The van der Waals surface area contributed by atoms with Gasteiger partial charge in [-0.15, -0.1) is 0 Å². The standard InChI is InChI=1S/C22H15NO3/c1-12-7-8-14-15-9-10-16-19(24)20(25)21(13-5-3-2-4-6-13)26-22(16)18(15)23-17(14)11-12/h2-11,23,25H,1H3. The monoisotopic (exact) mass is 341 g/mol. The van der Waals surface area contributed by atoms with E-state index in [4.69, 9.17) is 4.42 Å². The maximum atomic E-state index is 12.7. The van der Waals surface area contributed by atoms with Gasteiger partial charge in [-0.25, -0.2) is 0 Å². The smallest absolute Gasteiger partial charge is 0.235 e. The highest BCUT2D eigenvalue weighted by Crippen LogP contribution is 2.35. The van der Waals surface area contributed by atoms with Crippen LogP contribution in [0.3, 0.4) is 0 Å². The number of benzene rings is 3. The highest BCUT2D eigenvalue weighted by Gasteiger charge is 2.18. The van der Waals surface area contributed by atoms with Gasteiger partial charge in [-0.05, 0) is 24.6 Å². The Balaban J connectivity index is 1.95. The van der Waals surface area contributed by atoms with Gasteiger partial charge in [-0.1, -0.05) is 48.5 Å². The Morgan fingerprint density at radius 2 is 1.65 bits per heavy atom. The number of aromatic nitrogens is 1. The second-order valence-electron chi connectivity index (χ2n) is 6.51. The van der Waals surface area contributed by atoms with Crippen molar-refractivity contribution in [3.05, 3.63) is 76.5 Å². The van der Waals surface area contributed by atoms with E-state index < -0.39 is 5.43 Å². The Hall–Kier alpha value is -3.53. The van der Waals surface area contributed by atoms with E-state index in [1.165, 1.54) is 0 Å². The summed E-state index contributed by atoms with van der Waals surface area (Å²) in [4.78, 5) is 16.1. The van der Waals surface area contributed by atoms with Crippen molar-refractivity contribution in [3.63, 3.8) is 0 Å². The van der Waals surface area contributed by atoms with Crippen molar-refractivity contribution >= 4 is 32.8 Å². The topological polar surface area (TPSA) is 66.2 Å². The van der Waals surface area contributed by atoms with Crippen molar-refractivity contribution in [1.82, 2.24) is 4.98 Å². The van der Waals surface area contributed by atoms with E-state index in [1.807, 2.05) is 31.2 Å². The molecule has 0 saturated carbocycles. The molecule has 0 unspecified atom stereocenters. The number of nitrogens with one attached hydrogen (secondary N) is 1. The lowest BCUT2D eigenvalue weighted by molar-refractivity contribution is 0.449. The fraction of sp³-hybridized carbons (Fsp3) is 0.0455. The summed E-state index contributed by atoms with van der Waals surface area (Å²) in [5, 5.41) is 12.8. The molecule has 0 atom stereocenters. The summed E-state index contributed by atoms with van der Waals surface area (Å²) in [6, 6.07) is 19.0. The number of hydrogen-bond donors (Lipinski definition) is 2. The molecule has 0 fully saturated rings. The van der Waals surface area contributed by atoms with Crippen molar-refractivity contribution in [1.29, 1.82) is 0 Å². The minimum absolute atomic E-state index is 0.186. The molecule has 0 saturated heterocycles. The summed E-state index contributed by atoms with van der Waals surface area (Å²) in [5.41, 5.74) is 3.59. The Labute approximate surface area is 148 Å². The number of aryl methyl sites for hydroxylation is 1. The van der Waals surface area contributed by atoms with E-state index in [9.17, 15) is 9.90 Å². The number of hydrogen-bond acceptors (Lipinski definition) is 3. The van der Waals surface area contributed by atoms with Crippen LogP contribution in [0.5, 0.6) is 5.75 Å². The molecule has 2 aromatic heterocycles. The first-order chi connectivity index (χ1) is 12.6. The fourth-order valence-corrected chi connectivity index (χ4v) is 3.51. The van der Waals surface area contributed by atoms with Gasteiger partial charge in [0, 0.05) is 21.9 Å². The zero-order chi connectivity index (χ0) is 17.8. The van der Waals surface area contributed by atoms with E-state index in [0.717, 1.165) is 27.4 Å². The van der Waals surface area contributed by atoms with Gasteiger partial charge in [0.15, 0.2) is 11.3 Å². The molecule has 0 aliphatic heterocycles. The summed E-state index contributed by atoms with van der Waals surface area (Å²) in [5.74, 6) is -0.180. The van der Waals surface area contributed by atoms with Crippen LogP contribution in [0, 0.1) is 6.92 Å². The maximum absolute atomic E-state index is 12.7. The summed E-state index contributed by atoms with van der Waals surface area (Å²) in [6.07, 6.45) is 0. The van der Waals surface area contributed by atoms with Crippen LogP contribution >= 0.6 is 0 Å². The van der Waals surface area contributed by atoms with E-state index >= 15 is 0 Å². The summed E-state index contributed by atoms with van der Waals surface area (Å²) in [7, 11) is 0. The van der Waals surface area contributed by atoms with Gasteiger partial charge in [0.2, 0.25) is 11.2 Å². The first-order valence-corrected chi connectivity index (χ1v) is 8.40. The van der Waals surface area contributed by atoms with Crippen molar-refractivity contribution < 1.29 is 9.52 Å². The van der Waals surface area contributed by atoms with E-state index in [-0.39, 0.29) is 11.5 Å². The number of aromatic hydroxyl groups is 1. The molecule has 0 aliphatic carbocycles. The highest BCUT2D eigenvalue weighted by atomic mass is 16.4. The predicted octanol–water partition coefficient (Wildman–Crippen LogP) is 5.11. The number of H-pyrrole nitrogens is 1. The molecule has 26 heavy (non-hydrogen) atoms. The van der Waals surface area contributed by atoms with Gasteiger partial charge in [-0.2, -0.15) is 0 Å². The lowest BCUT2D eigenvalue weighted by Crippen LogP contribution is -2.02. The molecular formula is C22H15NO3. The molecule has 0 spiro atoms. The fourth-order valence-electron chi connectivity index (χ4n) is 3.51. The third-order valence-electron chi connectivity index (χ3n) is 4.80. The van der Waals surface area contributed by atoms with Crippen LogP contribution in [0.1, 0.15) is 5.56 Å². The third kappa shape index (κ3) is 1.99. The molecule has 0 amide bonds. The zero-order valence-electron chi connectivity index (χ0n) is 14.0. The molecule has 0 aliphatic rings. The molecule has 126 valence electrons. The van der Waals surface area contributed by atoms with Crippen LogP contribution in [0.15, 0.2) is 69.9 Å². The van der Waals surface area contributed by atoms with Crippen molar-refractivity contribution in [3.8, 4) is 17.1 Å². The second kappa shape index (κ2) is 5.23. The van der Waals surface area contributed by atoms with Crippen molar-refractivity contribution in [2.45, 2.75) is 6.92 Å². The van der Waals surface area contributed by atoms with Gasteiger partial charge in [0.1, 0.15) is 0 Å². The van der Waals surface area contributed by atoms with E-state index in [2.05, 4.69) is 23.2 Å². The highest BCUT2D eigenvalue weighted by molar-refractivity contribution is 6.15. The third-order valence-corrected chi connectivity index (χ3v) is 4.80. The molecule has 0 radical (unpaired) electrons. The molecular weight excluding hydrogens is 326 g/mol. The lowest BCUT2D eigenvalue weighted by atomic mass is 10.1. The van der Waals surface area contributed by atoms with Crippen LogP contribution in [0.4, 0.5) is 0 Å². The average molecular weight is 341 g/mol. The molecule has 0 bridgehead atoms. The molecule has 2 heterocycles. The lowest BCUT2D eigenvalue weighted by Gasteiger charge is -2.06. The van der Waals surface area contributed by atoms with Crippen LogP contribution in [-0.4, -0.2) is 10.1 Å². The molecule has 5 aromatic rings. The van der Waals surface area contributed by atoms with Gasteiger partial charge >= 0.3 is 0 Å². The van der Waals surface area contributed by atoms with E-state index in [1.54, 1.807) is 18.2 Å². The zero-order valence-corrected chi connectivity index (χ0v) is 14.0. The van der Waals surface area contributed by atoms with Crippen LogP contribution in [0.25, 0.3) is 44.1 Å². The quantitative estimate of drug-likeness (QED) is 0.445. The number of rotatable bonds is 1. The summed E-state index contributed by atoms with van der Waals surface area (Å²) in [6.45, 7) is 2.04. The average Bonchev–Trinajstić information content (AvgIpc) is 3.03. The SMILES string of the molecule is Cc1ccc2c(c1)[nH]c1c2ccc2c(=O)c(O)c(-c3ccccc3)oc21. The Bertz CT molecular complexity index is 1360. The van der Waals surface area contributed by atoms with Gasteiger partial charge in [0.05, 0.1) is 10.9 Å². The predicted molar refractivity (Wildman–Crippen MR) is 104 cm³/mol.